The van der Waals surface area contributed by atoms with Gasteiger partial charge in [-0.2, -0.15) is 0 Å². The maximum atomic E-state index is 12.4. The molecule has 0 bridgehead atoms. The number of benzene rings is 1. The van der Waals surface area contributed by atoms with Crippen molar-refractivity contribution in [2.75, 3.05) is 11.4 Å². The number of hydrogen-bond donors (Lipinski definition) is 1. The molecule has 1 N–H and O–H groups in total. The average molecular weight is 352 g/mol. The number of carbonyl (C=O) groups excluding carboxylic acids is 2. The Kier molecular flexibility index (Phi) is 5.30. The molecule has 0 unspecified atom stereocenters. The van der Waals surface area contributed by atoms with Crippen LogP contribution in [0.3, 0.4) is 0 Å². The highest BCUT2D eigenvalue weighted by Crippen LogP contribution is 2.27. The molecule has 2 amide bonds. The van der Waals surface area contributed by atoms with E-state index in [9.17, 15) is 9.59 Å². The minimum atomic E-state index is -0.342. The van der Waals surface area contributed by atoms with Gasteiger partial charge in [-0.1, -0.05) is 26.0 Å². The standard InChI is InChI=1S/C20H24N4O2/c1-13(2)15-4-6-18(7-5-15)24-12-16(8-19(24)25)20(26)23-11-17-10-21-14(3)9-22-17/h4-7,9-10,13,16H,8,11-12H2,1-3H3,(H,23,26)/t16-/m0/s1. The summed E-state index contributed by atoms with van der Waals surface area (Å²) in [6.45, 7) is 6.86. The molecule has 3 rings (SSSR count). The summed E-state index contributed by atoms with van der Waals surface area (Å²) in [6.07, 6.45) is 3.55. The Bertz CT molecular complexity index is 784. The zero-order valence-electron chi connectivity index (χ0n) is 15.4. The topological polar surface area (TPSA) is 75.2 Å². The van der Waals surface area contributed by atoms with Crippen LogP contribution in [0.1, 0.15) is 43.1 Å². The van der Waals surface area contributed by atoms with Gasteiger partial charge in [-0.05, 0) is 30.5 Å². The normalized spacial score (nSPS) is 17.0. The SMILES string of the molecule is Cc1cnc(CNC(=O)[C@H]2CC(=O)N(c3ccc(C(C)C)cc3)C2)cn1. The highest BCUT2D eigenvalue weighted by Gasteiger charge is 2.35. The van der Waals surface area contributed by atoms with Gasteiger partial charge in [0.1, 0.15) is 0 Å². The first-order valence-corrected chi connectivity index (χ1v) is 8.89. The first-order valence-electron chi connectivity index (χ1n) is 8.89. The Morgan fingerprint density at radius 3 is 2.58 bits per heavy atom. The van der Waals surface area contributed by atoms with Gasteiger partial charge in [0.15, 0.2) is 0 Å². The largest absolute Gasteiger partial charge is 0.350 e. The van der Waals surface area contributed by atoms with E-state index in [2.05, 4.69) is 29.1 Å². The second kappa shape index (κ2) is 7.64. The predicted octanol–water partition coefficient (Wildman–Crippen LogP) is 2.58. The Labute approximate surface area is 153 Å². The van der Waals surface area contributed by atoms with Crippen LogP contribution in [-0.4, -0.2) is 28.3 Å². The Morgan fingerprint density at radius 2 is 1.96 bits per heavy atom. The van der Waals surface area contributed by atoms with Gasteiger partial charge < -0.3 is 10.2 Å². The summed E-state index contributed by atoms with van der Waals surface area (Å²) in [7, 11) is 0. The first-order chi connectivity index (χ1) is 12.4. The van der Waals surface area contributed by atoms with E-state index in [1.807, 2.05) is 31.2 Å². The second-order valence-corrected chi connectivity index (χ2v) is 7.02. The molecule has 0 aliphatic carbocycles. The molecule has 1 aliphatic rings. The van der Waals surface area contributed by atoms with Crippen molar-refractivity contribution in [1.82, 2.24) is 15.3 Å². The van der Waals surface area contributed by atoms with E-state index in [0.29, 0.717) is 24.7 Å². The molecule has 2 aromatic rings. The third-order valence-electron chi connectivity index (χ3n) is 4.65. The minimum Gasteiger partial charge on any atom is -0.350 e. The van der Waals surface area contributed by atoms with Gasteiger partial charge in [-0.15, -0.1) is 0 Å². The number of nitrogens with one attached hydrogen (secondary N) is 1. The third kappa shape index (κ3) is 4.07. The van der Waals surface area contributed by atoms with Crippen LogP contribution in [0.15, 0.2) is 36.7 Å². The molecule has 0 saturated carbocycles. The molecule has 136 valence electrons. The lowest BCUT2D eigenvalue weighted by molar-refractivity contribution is -0.126. The third-order valence-corrected chi connectivity index (χ3v) is 4.65. The fourth-order valence-electron chi connectivity index (χ4n) is 3.00. The van der Waals surface area contributed by atoms with E-state index in [1.54, 1.807) is 17.3 Å². The van der Waals surface area contributed by atoms with E-state index >= 15 is 0 Å². The summed E-state index contributed by atoms with van der Waals surface area (Å²) in [6, 6.07) is 7.98. The van der Waals surface area contributed by atoms with Crippen molar-refractivity contribution in [3.63, 3.8) is 0 Å². The molecule has 1 aromatic carbocycles. The molecule has 6 heteroatoms. The molecule has 26 heavy (non-hydrogen) atoms. The zero-order valence-corrected chi connectivity index (χ0v) is 15.4. The van der Waals surface area contributed by atoms with Gasteiger partial charge in [0.2, 0.25) is 11.8 Å². The van der Waals surface area contributed by atoms with Crippen LogP contribution in [-0.2, 0) is 16.1 Å². The highest BCUT2D eigenvalue weighted by molar-refractivity contribution is 6.00. The Balaban J connectivity index is 1.59. The highest BCUT2D eigenvalue weighted by atomic mass is 16.2. The number of rotatable bonds is 5. The number of amides is 2. The van der Waals surface area contributed by atoms with Crippen molar-refractivity contribution in [2.24, 2.45) is 5.92 Å². The lowest BCUT2D eigenvalue weighted by atomic mass is 10.0. The molecule has 6 nitrogen and oxygen atoms in total. The van der Waals surface area contributed by atoms with Crippen LogP contribution in [0.5, 0.6) is 0 Å². The Morgan fingerprint density at radius 1 is 1.23 bits per heavy atom. The molecule has 1 aromatic heterocycles. The van der Waals surface area contributed by atoms with Crippen LogP contribution < -0.4 is 10.2 Å². The molecule has 1 fully saturated rings. The fourth-order valence-corrected chi connectivity index (χ4v) is 3.00. The van der Waals surface area contributed by atoms with Crippen molar-refractivity contribution in [2.45, 2.75) is 39.7 Å². The van der Waals surface area contributed by atoms with Crippen molar-refractivity contribution >= 4 is 17.5 Å². The molecule has 1 atom stereocenters. The van der Waals surface area contributed by atoms with E-state index in [0.717, 1.165) is 11.4 Å². The van der Waals surface area contributed by atoms with Gasteiger partial charge in [0, 0.05) is 24.8 Å². The molecule has 0 spiro atoms. The Hall–Kier alpha value is -2.76. The van der Waals surface area contributed by atoms with Crippen molar-refractivity contribution in [1.29, 1.82) is 0 Å². The second-order valence-electron chi connectivity index (χ2n) is 7.02. The summed E-state index contributed by atoms with van der Waals surface area (Å²) in [5.41, 5.74) is 3.61. The van der Waals surface area contributed by atoms with Crippen LogP contribution in [0.2, 0.25) is 0 Å². The molecule has 0 radical (unpaired) electrons. The summed E-state index contributed by atoms with van der Waals surface area (Å²) in [5, 5.41) is 2.86. The van der Waals surface area contributed by atoms with E-state index in [1.165, 1.54) is 5.56 Å². The number of hydrogen-bond acceptors (Lipinski definition) is 4. The van der Waals surface area contributed by atoms with E-state index < -0.39 is 0 Å². The molecule has 1 saturated heterocycles. The maximum Gasteiger partial charge on any atom is 0.227 e. The van der Waals surface area contributed by atoms with Crippen LogP contribution in [0.25, 0.3) is 0 Å². The van der Waals surface area contributed by atoms with E-state index in [4.69, 9.17) is 0 Å². The van der Waals surface area contributed by atoms with E-state index in [-0.39, 0.29) is 24.2 Å². The quantitative estimate of drug-likeness (QED) is 0.897. The number of aromatic nitrogens is 2. The van der Waals surface area contributed by atoms with Gasteiger partial charge >= 0.3 is 0 Å². The van der Waals surface area contributed by atoms with Gasteiger partial charge in [0.25, 0.3) is 0 Å². The van der Waals surface area contributed by atoms with Gasteiger partial charge in [-0.25, -0.2) is 0 Å². The minimum absolute atomic E-state index is 0.0161. The summed E-state index contributed by atoms with van der Waals surface area (Å²) in [4.78, 5) is 34.8. The number of aryl methyl sites for hydroxylation is 1. The van der Waals surface area contributed by atoms with Gasteiger partial charge in [-0.3, -0.25) is 19.6 Å². The summed E-state index contributed by atoms with van der Waals surface area (Å²) >= 11 is 0. The predicted molar refractivity (Wildman–Crippen MR) is 99.6 cm³/mol. The van der Waals surface area contributed by atoms with Crippen molar-refractivity contribution < 1.29 is 9.59 Å². The monoisotopic (exact) mass is 352 g/mol. The zero-order chi connectivity index (χ0) is 18.7. The molecular weight excluding hydrogens is 328 g/mol. The molecule has 2 heterocycles. The number of carbonyl (C=O) groups is 2. The van der Waals surface area contributed by atoms with Crippen molar-refractivity contribution in [3.8, 4) is 0 Å². The maximum absolute atomic E-state index is 12.4. The fraction of sp³-hybridized carbons (Fsp3) is 0.400. The summed E-state index contributed by atoms with van der Waals surface area (Å²) < 4.78 is 0. The van der Waals surface area contributed by atoms with Gasteiger partial charge in [0.05, 0.1) is 30.0 Å². The summed E-state index contributed by atoms with van der Waals surface area (Å²) in [5.74, 6) is -0.0352. The lowest BCUT2D eigenvalue weighted by Gasteiger charge is -2.17. The first kappa shape index (κ1) is 18.0. The molecular formula is C20H24N4O2. The lowest BCUT2D eigenvalue weighted by Crippen LogP contribution is -2.32. The molecule has 1 aliphatic heterocycles. The van der Waals surface area contributed by atoms with Crippen LogP contribution in [0.4, 0.5) is 5.69 Å². The average Bonchev–Trinajstić information content (AvgIpc) is 3.03. The van der Waals surface area contributed by atoms with Crippen LogP contribution >= 0.6 is 0 Å². The smallest absolute Gasteiger partial charge is 0.227 e. The number of anilines is 1. The van der Waals surface area contributed by atoms with Crippen molar-refractivity contribution in [3.05, 3.63) is 53.6 Å². The van der Waals surface area contributed by atoms with Crippen LogP contribution in [0, 0.1) is 12.8 Å². The number of nitrogens with zero attached hydrogens (tertiary/aromatic N) is 3.